The van der Waals surface area contributed by atoms with Crippen LogP contribution in [0.2, 0.25) is 5.02 Å². The van der Waals surface area contributed by atoms with Crippen LogP contribution in [0.25, 0.3) is 11.1 Å². The minimum Gasteiger partial charge on any atom is -0.307 e. The van der Waals surface area contributed by atoms with Crippen molar-refractivity contribution in [3.05, 3.63) is 76.7 Å². The molecular formula is C19H16ClN3O. The highest BCUT2D eigenvalue weighted by Gasteiger charge is 2.11. The molecule has 1 N–H and O–H groups in total. The third kappa shape index (κ3) is 3.60. The van der Waals surface area contributed by atoms with Crippen molar-refractivity contribution in [2.75, 3.05) is 5.32 Å². The Morgan fingerprint density at radius 3 is 2.71 bits per heavy atom. The van der Waals surface area contributed by atoms with Gasteiger partial charge < -0.3 is 5.32 Å². The topological polar surface area (TPSA) is 54.9 Å². The van der Waals surface area contributed by atoms with Crippen molar-refractivity contribution < 1.29 is 4.79 Å². The van der Waals surface area contributed by atoms with Crippen LogP contribution in [0.3, 0.4) is 0 Å². The molecule has 4 nitrogen and oxygen atoms in total. The van der Waals surface area contributed by atoms with Gasteiger partial charge in [0.1, 0.15) is 5.82 Å². The Hall–Kier alpha value is -2.72. The Labute approximate surface area is 145 Å². The molecule has 24 heavy (non-hydrogen) atoms. The maximum absolute atomic E-state index is 12.5. The van der Waals surface area contributed by atoms with E-state index in [9.17, 15) is 4.79 Å². The van der Waals surface area contributed by atoms with Gasteiger partial charge in [0.15, 0.2) is 0 Å². The van der Waals surface area contributed by atoms with Crippen LogP contribution < -0.4 is 5.32 Å². The third-order valence-corrected chi connectivity index (χ3v) is 3.86. The lowest BCUT2D eigenvalue weighted by Gasteiger charge is -2.10. The number of pyridine rings is 2. The van der Waals surface area contributed by atoms with Crippen molar-refractivity contribution in [3.8, 4) is 11.1 Å². The molecule has 120 valence electrons. The Morgan fingerprint density at radius 1 is 1.12 bits per heavy atom. The second kappa shape index (κ2) is 6.81. The van der Waals surface area contributed by atoms with E-state index in [0.717, 1.165) is 22.4 Å². The van der Waals surface area contributed by atoms with Crippen LogP contribution in [0.5, 0.6) is 0 Å². The van der Waals surface area contributed by atoms with Gasteiger partial charge in [0.25, 0.3) is 5.91 Å². The summed E-state index contributed by atoms with van der Waals surface area (Å²) in [7, 11) is 0. The molecule has 0 aliphatic heterocycles. The Bertz CT molecular complexity index is 909. The number of nitrogens with zero attached hydrogens (tertiary/aromatic N) is 2. The quantitative estimate of drug-likeness (QED) is 0.755. The number of hydrogen-bond acceptors (Lipinski definition) is 3. The monoisotopic (exact) mass is 337 g/mol. The molecule has 2 aromatic heterocycles. The molecule has 1 amide bonds. The van der Waals surface area contributed by atoms with Crippen molar-refractivity contribution in [1.29, 1.82) is 0 Å². The van der Waals surface area contributed by atoms with E-state index >= 15 is 0 Å². The summed E-state index contributed by atoms with van der Waals surface area (Å²) < 4.78 is 0. The Balaban J connectivity index is 1.94. The average Bonchev–Trinajstić information content (AvgIpc) is 2.54. The molecule has 1 aromatic carbocycles. The molecule has 0 radical (unpaired) electrons. The van der Waals surface area contributed by atoms with Crippen molar-refractivity contribution in [2.24, 2.45) is 0 Å². The maximum Gasteiger partial charge on any atom is 0.256 e. The van der Waals surface area contributed by atoms with E-state index in [4.69, 9.17) is 11.6 Å². The van der Waals surface area contributed by atoms with Gasteiger partial charge in [-0.05, 0) is 61.4 Å². The first-order valence-electron chi connectivity index (χ1n) is 7.49. The van der Waals surface area contributed by atoms with Crippen molar-refractivity contribution >= 4 is 23.3 Å². The van der Waals surface area contributed by atoms with Gasteiger partial charge in [0.05, 0.1) is 0 Å². The van der Waals surface area contributed by atoms with Crippen LogP contribution in [-0.4, -0.2) is 15.9 Å². The molecule has 0 unspecified atom stereocenters. The summed E-state index contributed by atoms with van der Waals surface area (Å²) in [6, 6.07) is 12.7. The summed E-state index contributed by atoms with van der Waals surface area (Å²) in [5.74, 6) is 0.262. The van der Waals surface area contributed by atoms with Gasteiger partial charge in [-0.15, -0.1) is 0 Å². The molecule has 0 fully saturated rings. The van der Waals surface area contributed by atoms with Crippen LogP contribution in [0, 0.1) is 13.8 Å². The first-order chi connectivity index (χ1) is 11.5. The van der Waals surface area contributed by atoms with Crippen molar-refractivity contribution in [2.45, 2.75) is 13.8 Å². The van der Waals surface area contributed by atoms with Gasteiger partial charge in [0, 0.05) is 34.2 Å². The van der Waals surface area contributed by atoms with Gasteiger partial charge in [0.2, 0.25) is 0 Å². The first kappa shape index (κ1) is 16.1. The van der Waals surface area contributed by atoms with Gasteiger partial charge in [-0.25, -0.2) is 4.98 Å². The molecule has 0 atom stereocenters. The number of aromatic nitrogens is 2. The zero-order chi connectivity index (χ0) is 17.1. The Kier molecular flexibility index (Phi) is 4.58. The van der Waals surface area contributed by atoms with Crippen LogP contribution in [0.15, 0.2) is 54.9 Å². The van der Waals surface area contributed by atoms with E-state index in [-0.39, 0.29) is 5.91 Å². The molecule has 0 aliphatic carbocycles. The van der Waals surface area contributed by atoms with Crippen molar-refractivity contribution in [1.82, 2.24) is 9.97 Å². The number of rotatable bonds is 3. The van der Waals surface area contributed by atoms with Gasteiger partial charge in [-0.3, -0.25) is 9.78 Å². The lowest BCUT2D eigenvalue weighted by molar-refractivity contribution is 0.102. The lowest BCUT2D eigenvalue weighted by Crippen LogP contribution is -2.13. The van der Waals surface area contributed by atoms with E-state index < -0.39 is 0 Å². The molecule has 5 heteroatoms. The lowest BCUT2D eigenvalue weighted by atomic mass is 10.0. The summed E-state index contributed by atoms with van der Waals surface area (Å²) >= 11 is 6.21. The highest BCUT2D eigenvalue weighted by atomic mass is 35.5. The van der Waals surface area contributed by atoms with E-state index in [2.05, 4.69) is 15.3 Å². The molecule has 0 bridgehead atoms. The van der Waals surface area contributed by atoms with E-state index in [0.29, 0.717) is 16.4 Å². The molecule has 0 spiro atoms. The predicted molar refractivity (Wildman–Crippen MR) is 96.3 cm³/mol. The van der Waals surface area contributed by atoms with Gasteiger partial charge in [-0.2, -0.15) is 0 Å². The normalized spacial score (nSPS) is 10.5. The summed E-state index contributed by atoms with van der Waals surface area (Å²) in [6.45, 7) is 3.87. The number of carbonyl (C=O) groups is 1. The molecule has 3 rings (SSSR count). The number of amides is 1. The zero-order valence-corrected chi connectivity index (χ0v) is 14.1. The summed E-state index contributed by atoms with van der Waals surface area (Å²) in [4.78, 5) is 21.0. The highest BCUT2D eigenvalue weighted by Crippen LogP contribution is 2.27. The van der Waals surface area contributed by atoms with Crippen LogP contribution in [0.1, 0.15) is 21.6 Å². The SMILES string of the molecule is Cc1cccc(NC(=O)c2cc(Cl)cc(-c3cnccc3C)c2)n1. The first-order valence-corrected chi connectivity index (χ1v) is 7.87. The van der Waals surface area contributed by atoms with E-state index in [1.807, 2.05) is 38.1 Å². The largest absolute Gasteiger partial charge is 0.307 e. The summed E-state index contributed by atoms with van der Waals surface area (Å²) in [5, 5.41) is 3.29. The van der Waals surface area contributed by atoms with E-state index in [1.165, 1.54) is 0 Å². The van der Waals surface area contributed by atoms with E-state index in [1.54, 1.807) is 30.6 Å². The fourth-order valence-corrected chi connectivity index (χ4v) is 2.68. The van der Waals surface area contributed by atoms with Crippen LogP contribution >= 0.6 is 11.6 Å². The standard InChI is InChI=1S/C19H16ClN3O/c1-12-6-7-21-11-17(12)14-8-15(10-16(20)9-14)19(24)23-18-5-3-4-13(2)22-18/h3-11H,1-2H3,(H,22,23,24). The zero-order valence-electron chi connectivity index (χ0n) is 13.4. The summed E-state index contributed by atoms with van der Waals surface area (Å²) in [6.07, 6.45) is 3.51. The number of hydrogen-bond donors (Lipinski definition) is 1. The van der Waals surface area contributed by atoms with Crippen LogP contribution in [0.4, 0.5) is 5.82 Å². The minimum atomic E-state index is -0.251. The molecule has 0 saturated carbocycles. The third-order valence-electron chi connectivity index (χ3n) is 3.64. The molecular weight excluding hydrogens is 322 g/mol. The fraction of sp³-hybridized carbons (Fsp3) is 0.105. The minimum absolute atomic E-state index is 0.251. The fourth-order valence-electron chi connectivity index (χ4n) is 2.44. The highest BCUT2D eigenvalue weighted by molar-refractivity contribution is 6.31. The number of nitrogens with one attached hydrogen (secondary N) is 1. The van der Waals surface area contributed by atoms with Gasteiger partial charge >= 0.3 is 0 Å². The predicted octanol–water partition coefficient (Wildman–Crippen LogP) is 4.67. The van der Waals surface area contributed by atoms with Crippen molar-refractivity contribution in [3.63, 3.8) is 0 Å². The number of anilines is 1. The molecule has 0 aliphatic rings. The van der Waals surface area contributed by atoms with Gasteiger partial charge in [-0.1, -0.05) is 17.7 Å². The smallest absolute Gasteiger partial charge is 0.256 e. The Morgan fingerprint density at radius 2 is 1.96 bits per heavy atom. The summed E-state index contributed by atoms with van der Waals surface area (Å²) in [5.41, 5.74) is 4.19. The maximum atomic E-state index is 12.5. The molecule has 3 aromatic rings. The number of benzene rings is 1. The number of carbonyl (C=O) groups excluding carboxylic acids is 1. The second-order valence-electron chi connectivity index (χ2n) is 5.54. The number of aryl methyl sites for hydroxylation is 2. The van der Waals surface area contributed by atoms with Crippen LogP contribution in [-0.2, 0) is 0 Å². The second-order valence-corrected chi connectivity index (χ2v) is 5.97. The average molecular weight is 338 g/mol. The molecule has 0 saturated heterocycles. The number of halogens is 1. The molecule has 2 heterocycles.